The molecule has 0 radical (unpaired) electrons. The van der Waals surface area contributed by atoms with Crippen LogP contribution in [0, 0.1) is 0 Å². The zero-order chi connectivity index (χ0) is 13.7. The molecule has 106 valence electrons. The number of hydrogen-bond acceptors (Lipinski definition) is 5. The highest BCUT2D eigenvalue weighted by Gasteiger charge is 2.32. The quantitative estimate of drug-likeness (QED) is 0.781. The van der Waals surface area contributed by atoms with Gasteiger partial charge in [0.25, 0.3) is 0 Å². The molecule has 6 nitrogen and oxygen atoms in total. The van der Waals surface area contributed by atoms with E-state index < -0.39 is 10.0 Å². The van der Waals surface area contributed by atoms with Crippen LogP contribution in [0.25, 0.3) is 0 Å². The molecule has 0 unspecified atom stereocenters. The smallest absolute Gasteiger partial charge is 0.233 e. The summed E-state index contributed by atoms with van der Waals surface area (Å²) in [6.07, 6.45) is 3.72. The minimum Gasteiger partial charge on any atom is -0.472 e. The molecule has 0 spiro atoms. The van der Waals surface area contributed by atoms with Crippen molar-refractivity contribution < 1.29 is 13.2 Å². The van der Waals surface area contributed by atoms with Gasteiger partial charge in [0.05, 0.1) is 12.3 Å². The van der Waals surface area contributed by atoms with E-state index in [9.17, 15) is 8.42 Å². The Morgan fingerprint density at radius 1 is 1.53 bits per heavy atom. The number of ether oxygens (including phenoxy) is 1. The summed E-state index contributed by atoms with van der Waals surface area (Å²) in [5.41, 5.74) is 0. The molecule has 0 aliphatic carbocycles. The third kappa shape index (κ3) is 3.87. The predicted molar refractivity (Wildman–Crippen MR) is 71.3 cm³/mol. The van der Waals surface area contributed by atoms with Crippen molar-refractivity contribution in [1.82, 2.24) is 14.5 Å². The molecule has 1 aliphatic heterocycles. The Morgan fingerprint density at radius 3 is 3.05 bits per heavy atom. The number of rotatable bonds is 6. The molecule has 0 amide bonds. The molecule has 19 heavy (non-hydrogen) atoms. The number of sulfonamides is 1. The molecular weight excluding hydrogens is 266 g/mol. The van der Waals surface area contributed by atoms with Crippen molar-refractivity contribution in [3.63, 3.8) is 0 Å². The summed E-state index contributed by atoms with van der Waals surface area (Å²) in [6.45, 7) is 2.92. The Balaban J connectivity index is 1.89. The first-order chi connectivity index (χ1) is 9.12. The molecule has 1 aromatic rings. The summed E-state index contributed by atoms with van der Waals surface area (Å²) < 4.78 is 31.2. The van der Waals surface area contributed by atoms with Crippen molar-refractivity contribution in [3.05, 3.63) is 18.3 Å². The van der Waals surface area contributed by atoms with Crippen LogP contribution >= 0.6 is 0 Å². The van der Waals surface area contributed by atoms with E-state index in [0.29, 0.717) is 31.8 Å². The Morgan fingerprint density at radius 2 is 2.37 bits per heavy atom. The number of unbranched alkanes of at least 4 members (excludes halogenated alkanes) is 1. The zero-order valence-corrected chi connectivity index (χ0v) is 11.8. The Kier molecular flexibility index (Phi) is 4.71. The molecule has 2 rings (SSSR count). The monoisotopic (exact) mass is 285 g/mol. The highest BCUT2D eigenvalue weighted by molar-refractivity contribution is 7.89. The van der Waals surface area contributed by atoms with Gasteiger partial charge in [0.15, 0.2) is 0 Å². The fourth-order valence-electron chi connectivity index (χ4n) is 2.02. The van der Waals surface area contributed by atoms with Crippen molar-refractivity contribution in [2.24, 2.45) is 0 Å². The van der Waals surface area contributed by atoms with Crippen LogP contribution < -0.4 is 4.74 Å². The first-order valence-corrected chi connectivity index (χ1v) is 8.15. The van der Waals surface area contributed by atoms with E-state index in [0.717, 1.165) is 6.42 Å². The third-order valence-electron chi connectivity index (χ3n) is 3.09. The number of nitrogens with zero attached hydrogens (tertiary/aromatic N) is 3. The minimum absolute atomic E-state index is 0.131. The highest BCUT2D eigenvalue weighted by Crippen LogP contribution is 2.19. The van der Waals surface area contributed by atoms with Crippen LogP contribution in [0.3, 0.4) is 0 Å². The lowest BCUT2D eigenvalue weighted by molar-refractivity contribution is 0.204. The van der Waals surface area contributed by atoms with E-state index in [2.05, 4.69) is 10.2 Å². The SMILES string of the molecule is CCCCS(=O)(=O)N1CC[C@H](Oc2cccnn2)C1. The van der Waals surface area contributed by atoms with Gasteiger partial charge in [-0.3, -0.25) is 0 Å². The molecule has 2 heterocycles. The van der Waals surface area contributed by atoms with Crippen LogP contribution in [0.15, 0.2) is 18.3 Å². The Labute approximate surface area is 113 Å². The average Bonchev–Trinajstić information content (AvgIpc) is 2.87. The molecule has 0 aromatic carbocycles. The van der Waals surface area contributed by atoms with Crippen LogP contribution in [-0.2, 0) is 10.0 Å². The van der Waals surface area contributed by atoms with E-state index in [1.807, 2.05) is 6.92 Å². The molecule has 1 aromatic heterocycles. The predicted octanol–water partition coefficient (Wildman–Crippen LogP) is 1.06. The van der Waals surface area contributed by atoms with Gasteiger partial charge in [-0.25, -0.2) is 8.42 Å². The van der Waals surface area contributed by atoms with Crippen LogP contribution in [0.5, 0.6) is 5.88 Å². The molecule has 1 aliphatic rings. The first-order valence-electron chi connectivity index (χ1n) is 6.54. The van der Waals surface area contributed by atoms with Crippen LogP contribution in [0.4, 0.5) is 0 Å². The summed E-state index contributed by atoms with van der Waals surface area (Å²) in [5.74, 6) is 0.668. The number of aromatic nitrogens is 2. The van der Waals surface area contributed by atoms with E-state index in [1.54, 1.807) is 18.3 Å². The minimum atomic E-state index is -3.13. The molecule has 1 atom stereocenters. The van der Waals surface area contributed by atoms with Crippen LogP contribution in [-0.4, -0.2) is 47.9 Å². The van der Waals surface area contributed by atoms with E-state index in [-0.39, 0.29) is 11.9 Å². The van der Waals surface area contributed by atoms with Gasteiger partial charge in [0.1, 0.15) is 6.10 Å². The van der Waals surface area contributed by atoms with Gasteiger partial charge in [-0.1, -0.05) is 13.3 Å². The van der Waals surface area contributed by atoms with Crippen molar-refractivity contribution in [2.75, 3.05) is 18.8 Å². The van der Waals surface area contributed by atoms with Crippen LogP contribution in [0.1, 0.15) is 26.2 Å². The zero-order valence-electron chi connectivity index (χ0n) is 11.0. The maximum Gasteiger partial charge on any atom is 0.233 e. The molecule has 1 saturated heterocycles. The molecular formula is C12H19N3O3S. The fourth-order valence-corrected chi connectivity index (χ4v) is 3.71. The van der Waals surface area contributed by atoms with Crippen LogP contribution in [0.2, 0.25) is 0 Å². The summed E-state index contributed by atoms with van der Waals surface area (Å²) in [4.78, 5) is 0. The fraction of sp³-hybridized carbons (Fsp3) is 0.667. The van der Waals surface area contributed by atoms with Crippen molar-refractivity contribution in [3.8, 4) is 5.88 Å². The first kappa shape index (κ1) is 14.2. The van der Waals surface area contributed by atoms with Gasteiger partial charge in [-0.15, -0.1) is 5.10 Å². The lowest BCUT2D eigenvalue weighted by Crippen LogP contribution is -2.32. The van der Waals surface area contributed by atoms with Gasteiger partial charge in [0.2, 0.25) is 15.9 Å². The normalized spacial score (nSPS) is 20.6. The Hall–Kier alpha value is -1.21. The van der Waals surface area contributed by atoms with E-state index in [1.165, 1.54) is 4.31 Å². The molecule has 0 bridgehead atoms. The summed E-state index contributed by atoms with van der Waals surface area (Å²) in [7, 11) is -3.13. The summed E-state index contributed by atoms with van der Waals surface area (Å²) in [6, 6.07) is 3.47. The van der Waals surface area contributed by atoms with E-state index >= 15 is 0 Å². The standard InChI is InChI=1S/C12H19N3O3S/c1-2-3-9-19(16,17)15-8-6-11(10-15)18-12-5-4-7-13-14-12/h4-5,7,11H,2-3,6,8-10H2,1H3/t11-/m0/s1. The van der Waals surface area contributed by atoms with Gasteiger partial charge in [0, 0.05) is 18.8 Å². The number of hydrogen-bond donors (Lipinski definition) is 0. The summed E-state index contributed by atoms with van der Waals surface area (Å²) in [5, 5.41) is 7.57. The maximum absolute atomic E-state index is 12.0. The lowest BCUT2D eigenvalue weighted by Gasteiger charge is -2.16. The van der Waals surface area contributed by atoms with Crippen molar-refractivity contribution >= 4 is 10.0 Å². The highest BCUT2D eigenvalue weighted by atomic mass is 32.2. The largest absolute Gasteiger partial charge is 0.472 e. The topological polar surface area (TPSA) is 72.4 Å². The van der Waals surface area contributed by atoms with Crippen molar-refractivity contribution in [2.45, 2.75) is 32.3 Å². The second kappa shape index (κ2) is 6.29. The van der Waals surface area contributed by atoms with Gasteiger partial charge >= 0.3 is 0 Å². The molecule has 0 saturated carbocycles. The third-order valence-corrected chi connectivity index (χ3v) is 5.02. The van der Waals surface area contributed by atoms with Gasteiger partial charge < -0.3 is 4.74 Å². The second-order valence-electron chi connectivity index (χ2n) is 4.62. The Bertz CT molecular complexity index is 492. The summed E-state index contributed by atoms with van der Waals surface area (Å²) >= 11 is 0. The average molecular weight is 285 g/mol. The molecule has 7 heteroatoms. The van der Waals surface area contributed by atoms with Gasteiger partial charge in [-0.05, 0) is 18.9 Å². The van der Waals surface area contributed by atoms with Crippen molar-refractivity contribution in [1.29, 1.82) is 0 Å². The molecule has 0 N–H and O–H groups in total. The lowest BCUT2D eigenvalue weighted by atomic mass is 10.3. The maximum atomic E-state index is 12.0. The molecule has 1 fully saturated rings. The van der Waals surface area contributed by atoms with E-state index in [4.69, 9.17) is 4.74 Å². The van der Waals surface area contributed by atoms with Gasteiger partial charge in [-0.2, -0.15) is 9.40 Å². The second-order valence-corrected chi connectivity index (χ2v) is 6.71.